The summed E-state index contributed by atoms with van der Waals surface area (Å²) in [6.45, 7) is 3.68. The highest BCUT2D eigenvalue weighted by Gasteiger charge is 2.11. The predicted molar refractivity (Wildman–Crippen MR) is 106 cm³/mol. The van der Waals surface area contributed by atoms with Crippen molar-refractivity contribution in [2.75, 3.05) is 11.9 Å². The van der Waals surface area contributed by atoms with Gasteiger partial charge in [0.05, 0.1) is 12.1 Å². The molecule has 0 unspecified atom stereocenters. The fourth-order valence-corrected chi connectivity index (χ4v) is 3.36. The lowest BCUT2D eigenvalue weighted by molar-refractivity contribution is 0.708. The molecule has 0 spiro atoms. The minimum Gasteiger partial charge on any atom is -0.367 e. The van der Waals surface area contributed by atoms with Crippen molar-refractivity contribution in [1.82, 2.24) is 14.5 Å². The first-order valence-electron chi connectivity index (χ1n) is 8.82. The van der Waals surface area contributed by atoms with E-state index in [4.69, 9.17) is 0 Å². The van der Waals surface area contributed by atoms with Gasteiger partial charge in [-0.2, -0.15) is 0 Å². The largest absolute Gasteiger partial charge is 0.367 e. The Hall–Kier alpha value is -3.14. The van der Waals surface area contributed by atoms with Crippen LogP contribution < -0.4 is 4.90 Å². The summed E-state index contributed by atoms with van der Waals surface area (Å²) in [5, 5.41) is 1.18. The van der Waals surface area contributed by atoms with Crippen LogP contribution >= 0.6 is 0 Å². The molecular weight excluding hydrogens is 320 g/mol. The maximum Gasteiger partial charge on any atom is 0.128 e. The molecule has 0 bridgehead atoms. The number of hydrogen-bond acceptors (Lipinski definition) is 3. The average molecular weight is 342 g/mol. The molecule has 0 aliphatic carbocycles. The number of para-hydroxylation sites is 1. The van der Waals surface area contributed by atoms with Crippen LogP contribution in [-0.4, -0.2) is 21.6 Å². The lowest BCUT2D eigenvalue weighted by Crippen LogP contribution is -2.20. The van der Waals surface area contributed by atoms with Crippen LogP contribution in [0.5, 0.6) is 0 Å². The molecule has 0 N–H and O–H groups in total. The number of fused-ring (bicyclic) bond motifs is 1. The maximum atomic E-state index is 4.58. The van der Waals surface area contributed by atoms with Gasteiger partial charge in [0.15, 0.2) is 0 Å². The zero-order chi connectivity index (χ0) is 17.9. The number of aryl methyl sites for hydroxylation is 1. The summed E-state index contributed by atoms with van der Waals surface area (Å²) in [6, 6.07) is 18.9. The molecule has 0 aliphatic heterocycles. The Morgan fingerprint density at radius 1 is 0.923 bits per heavy atom. The summed E-state index contributed by atoms with van der Waals surface area (Å²) in [6.07, 6.45) is 5.81. The summed E-state index contributed by atoms with van der Waals surface area (Å²) in [4.78, 5) is 11.4. The molecule has 4 heteroatoms. The molecule has 4 rings (SSSR count). The van der Waals surface area contributed by atoms with Gasteiger partial charge in [-0.1, -0.05) is 48.5 Å². The van der Waals surface area contributed by atoms with Crippen molar-refractivity contribution in [1.29, 1.82) is 0 Å². The van der Waals surface area contributed by atoms with E-state index in [1.54, 1.807) is 0 Å². The van der Waals surface area contributed by atoms with Gasteiger partial charge in [-0.25, -0.2) is 4.98 Å². The minimum absolute atomic E-state index is 0.743. The first-order valence-corrected chi connectivity index (χ1v) is 8.82. The normalized spacial score (nSPS) is 11.0. The predicted octanol–water partition coefficient (Wildman–Crippen LogP) is 4.42. The van der Waals surface area contributed by atoms with E-state index in [-0.39, 0.29) is 0 Å². The zero-order valence-corrected chi connectivity index (χ0v) is 15.1. The van der Waals surface area contributed by atoms with Crippen LogP contribution in [0.3, 0.4) is 0 Å². The van der Waals surface area contributed by atoms with Crippen LogP contribution in [-0.2, 0) is 13.1 Å². The van der Waals surface area contributed by atoms with E-state index in [2.05, 4.69) is 81.9 Å². The van der Waals surface area contributed by atoms with E-state index in [1.807, 2.05) is 24.7 Å². The lowest BCUT2D eigenvalue weighted by Gasteiger charge is -2.21. The highest BCUT2D eigenvalue weighted by molar-refractivity contribution is 5.93. The van der Waals surface area contributed by atoms with Gasteiger partial charge in [0.25, 0.3) is 0 Å². The zero-order valence-electron chi connectivity index (χ0n) is 15.1. The number of rotatable bonds is 5. The van der Waals surface area contributed by atoms with E-state index < -0.39 is 0 Å². The number of hydrogen-bond donors (Lipinski definition) is 0. The van der Waals surface area contributed by atoms with Crippen LogP contribution in [0.25, 0.3) is 10.9 Å². The molecule has 0 atom stereocenters. The van der Waals surface area contributed by atoms with Gasteiger partial charge in [-0.15, -0.1) is 0 Å². The molecule has 4 aromatic rings. The number of imidazole rings is 1. The summed E-state index contributed by atoms with van der Waals surface area (Å²) in [5.74, 6) is 1.05. The van der Waals surface area contributed by atoms with E-state index in [0.29, 0.717) is 0 Å². The van der Waals surface area contributed by atoms with Gasteiger partial charge >= 0.3 is 0 Å². The Kier molecular flexibility index (Phi) is 4.40. The number of anilines is 1. The third-order valence-corrected chi connectivity index (χ3v) is 4.74. The van der Waals surface area contributed by atoms with Crippen molar-refractivity contribution in [3.63, 3.8) is 0 Å². The highest BCUT2D eigenvalue weighted by atomic mass is 15.2. The molecule has 0 saturated heterocycles. The third-order valence-electron chi connectivity index (χ3n) is 4.74. The van der Waals surface area contributed by atoms with E-state index in [0.717, 1.165) is 24.4 Å². The number of aromatic nitrogens is 3. The van der Waals surface area contributed by atoms with Gasteiger partial charge < -0.3 is 9.47 Å². The molecule has 4 nitrogen and oxygen atoms in total. The van der Waals surface area contributed by atoms with Crippen molar-refractivity contribution in [2.24, 2.45) is 0 Å². The Balaban J connectivity index is 1.61. The average Bonchev–Trinajstić information content (AvgIpc) is 3.09. The second kappa shape index (κ2) is 7.00. The first kappa shape index (κ1) is 16.3. The number of benzene rings is 2. The molecule has 2 aromatic heterocycles. The van der Waals surface area contributed by atoms with Crippen molar-refractivity contribution >= 4 is 16.6 Å². The summed E-state index contributed by atoms with van der Waals surface area (Å²) in [7, 11) is 2.11. The lowest BCUT2D eigenvalue weighted by atomic mass is 10.1. The SMILES string of the molecule is Cc1cccc2c(N(C)Cc3nccn3Cc3ccccc3)ccnc12. The number of pyridine rings is 1. The van der Waals surface area contributed by atoms with Crippen molar-refractivity contribution < 1.29 is 0 Å². The van der Waals surface area contributed by atoms with Crippen molar-refractivity contribution in [3.8, 4) is 0 Å². The third kappa shape index (κ3) is 3.18. The molecule has 0 amide bonds. The smallest absolute Gasteiger partial charge is 0.128 e. The molecule has 2 heterocycles. The van der Waals surface area contributed by atoms with E-state index >= 15 is 0 Å². The molecule has 2 aromatic carbocycles. The second-order valence-corrected chi connectivity index (χ2v) is 6.61. The Bertz CT molecular complexity index is 1020. The minimum atomic E-state index is 0.743. The standard InChI is InChI=1S/C22H22N4/c1-17-7-6-10-19-20(11-12-24-22(17)19)25(2)16-21-23-13-14-26(21)15-18-8-4-3-5-9-18/h3-14H,15-16H2,1-2H3. The summed E-state index contributed by atoms with van der Waals surface area (Å²) >= 11 is 0. The molecule has 0 aliphatic rings. The monoisotopic (exact) mass is 342 g/mol. The molecular formula is C22H22N4. The topological polar surface area (TPSA) is 34.0 Å². The molecule has 26 heavy (non-hydrogen) atoms. The highest BCUT2D eigenvalue weighted by Crippen LogP contribution is 2.27. The maximum absolute atomic E-state index is 4.58. The Morgan fingerprint density at radius 2 is 1.77 bits per heavy atom. The van der Waals surface area contributed by atoms with E-state index in [1.165, 1.54) is 22.2 Å². The van der Waals surface area contributed by atoms with Gasteiger partial charge in [-0.3, -0.25) is 4.98 Å². The fourth-order valence-electron chi connectivity index (χ4n) is 3.36. The fraction of sp³-hybridized carbons (Fsp3) is 0.182. The summed E-state index contributed by atoms with van der Waals surface area (Å²) in [5.41, 5.74) is 4.71. The van der Waals surface area contributed by atoms with Gasteiger partial charge in [0, 0.05) is 43.3 Å². The molecule has 0 radical (unpaired) electrons. The Morgan fingerprint density at radius 3 is 2.62 bits per heavy atom. The van der Waals surface area contributed by atoms with Crippen LogP contribution in [0.15, 0.2) is 73.2 Å². The second-order valence-electron chi connectivity index (χ2n) is 6.61. The van der Waals surface area contributed by atoms with Gasteiger partial charge in [0.2, 0.25) is 0 Å². The van der Waals surface area contributed by atoms with Gasteiger partial charge in [0.1, 0.15) is 5.82 Å². The molecule has 0 saturated carbocycles. The molecule has 0 fully saturated rings. The quantitative estimate of drug-likeness (QED) is 0.538. The van der Waals surface area contributed by atoms with Crippen LogP contribution in [0.4, 0.5) is 5.69 Å². The first-order chi connectivity index (χ1) is 12.7. The van der Waals surface area contributed by atoms with Crippen molar-refractivity contribution in [3.05, 3.63) is 90.1 Å². The molecule has 130 valence electrons. The van der Waals surface area contributed by atoms with Gasteiger partial charge in [-0.05, 0) is 24.1 Å². The van der Waals surface area contributed by atoms with Crippen LogP contribution in [0, 0.1) is 6.92 Å². The Labute approximate surface area is 153 Å². The number of nitrogens with zero attached hydrogens (tertiary/aromatic N) is 4. The van der Waals surface area contributed by atoms with Crippen LogP contribution in [0.2, 0.25) is 0 Å². The van der Waals surface area contributed by atoms with Crippen molar-refractivity contribution in [2.45, 2.75) is 20.0 Å². The summed E-state index contributed by atoms with van der Waals surface area (Å²) < 4.78 is 2.21. The van der Waals surface area contributed by atoms with E-state index in [9.17, 15) is 0 Å². The van der Waals surface area contributed by atoms with Crippen LogP contribution in [0.1, 0.15) is 17.0 Å².